The van der Waals surface area contributed by atoms with Gasteiger partial charge in [-0.2, -0.15) is 4.31 Å². The minimum absolute atomic E-state index is 0.0615. The van der Waals surface area contributed by atoms with Crippen molar-refractivity contribution in [2.75, 3.05) is 13.1 Å². The summed E-state index contributed by atoms with van der Waals surface area (Å²) >= 11 is 3.28. The first-order valence-electron chi connectivity index (χ1n) is 8.65. The zero-order valence-corrected chi connectivity index (χ0v) is 17.0. The fourth-order valence-electron chi connectivity index (χ4n) is 3.12. The third-order valence-electron chi connectivity index (χ3n) is 4.60. The van der Waals surface area contributed by atoms with Crippen LogP contribution in [-0.4, -0.2) is 31.7 Å². The summed E-state index contributed by atoms with van der Waals surface area (Å²) in [5.74, 6) is -1.11. The summed E-state index contributed by atoms with van der Waals surface area (Å²) in [7, 11) is -3.62. The van der Waals surface area contributed by atoms with Gasteiger partial charge in [-0.25, -0.2) is 12.8 Å². The van der Waals surface area contributed by atoms with E-state index in [0.717, 1.165) is 4.47 Å². The Morgan fingerprint density at radius 1 is 1.22 bits per heavy atom. The second-order valence-electron chi connectivity index (χ2n) is 6.47. The summed E-state index contributed by atoms with van der Waals surface area (Å²) in [5, 5.41) is 2.73. The molecule has 2 aromatic rings. The standard InChI is InChI=1S/C19H20BrFN2O3S/c20-16-8-9-18(21)15(11-16)12-22-19(24)14-5-4-10-23(13-14)27(25,26)17-6-2-1-3-7-17/h1-3,6-9,11,14H,4-5,10,12-13H2,(H,22,24). The van der Waals surface area contributed by atoms with Crippen LogP contribution in [0.4, 0.5) is 4.39 Å². The summed E-state index contributed by atoms with van der Waals surface area (Å²) in [6.45, 7) is 0.581. The summed E-state index contributed by atoms with van der Waals surface area (Å²) < 4.78 is 41.4. The number of nitrogens with one attached hydrogen (secondary N) is 1. The summed E-state index contributed by atoms with van der Waals surface area (Å²) in [6, 6.07) is 12.7. The number of hydrogen-bond acceptors (Lipinski definition) is 3. The predicted octanol–water partition coefficient (Wildman–Crippen LogP) is 3.31. The highest BCUT2D eigenvalue weighted by molar-refractivity contribution is 9.10. The van der Waals surface area contributed by atoms with Crippen molar-refractivity contribution in [1.82, 2.24) is 9.62 Å². The summed E-state index contributed by atoms with van der Waals surface area (Å²) in [6.07, 6.45) is 1.21. The van der Waals surface area contributed by atoms with Crippen molar-refractivity contribution in [2.45, 2.75) is 24.3 Å². The molecule has 1 atom stereocenters. The largest absolute Gasteiger partial charge is 0.352 e. The maximum atomic E-state index is 13.8. The minimum Gasteiger partial charge on any atom is -0.352 e. The predicted molar refractivity (Wildman–Crippen MR) is 104 cm³/mol. The Morgan fingerprint density at radius 3 is 2.70 bits per heavy atom. The molecule has 1 N–H and O–H groups in total. The Bertz CT molecular complexity index is 922. The van der Waals surface area contributed by atoms with Crippen LogP contribution in [0.25, 0.3) is 0 Å². The van der Waals surface area contributed by atoms with Crippen molar-refractivity contribution < 1.29 is 17.6 Å². The van der Waals surface area contributed by atoms with E-state index in [1.54, 1.807) is 42.5 Å². The Labute approximate surface area is 166 Å². The lowest BCUT2D eigenvalue weighted by Gasteiger charge is -2.31. The van der Waals surface area contributed by atoms with Gasteiger partial charge in [0.25, 0.3) is 0 Å². The fourth-order valence-corrected chi connectivity index (χ4v) is 5.08. The number of piperidine rings is 1. The molecular formula is C19H20BrFN2O3S. The van der Waals surface area contributed by atoms with Gasteiger partial charge in [-0.1, -0.05) is 34.1 Å². The molecule has 0 saturated carbocycles. The van der Waals surface area contributed by atoms with Crippen molar-refractivity contribution in [3.8, 4) is 0 Å². The van der Waals surface area contributed by atoms with E-state index in [-0.39, 0.29) is 23.9 Å². The molecule has 0 radical (unpaired) electrons. The van der Waals surface area contributed by atoms with Crippen molar-refractivity contribution in [2.24, 2.45) is 5.92 Å². The molecule has 0 spiro atoms. The van der Waals surface area contributed by atoms with Gasteiger partial charge in [0.15, 0.2) is 0 Å². The third-order valence-corrected chi connectivity index (χ3v) is 6.97. The van der Waals surface area contributed by atoms with Crippen molar-refractivity contribution in [3.05, 3.63) is 64.4 Å². The molecule has 0 aliphatic carbocycles. The second kappa shape index (κ2) is 8.50. The van der Waals surface area contributed by atoms with Crippen LogP contribution in [0.15, 0.2) is 57.9 Å². The normalized spacial score (nSPS) is 18.2. The molecule has 1 unspecified atom stereocenters. The van der Waals surface area contributed by atoms with Gasteiger partial charge >= 0.3 is 0 Å². The quantitative estimate of drug-likeness (QED) is 0.753. The SMILES string of the molecule is O=C(NCc1cc(Br)ccc1F)C1CCCN(S(=O)(=O)c2ccccc2)C1. The Balaban J connectivity index is 1.65. The molecule has 5 nitrogen and oxygen atoms in total. The monoisotopic (exact) mass is 454 g/mol. The molecule has 27 heavy (non-hydrogen) atoms. The number of sulfonamides is 1. The fraction of sp³-hybridized carbons (Fsp3) is 0.316. The van der Waals surface area contributed by atoms with Gasteiger partial charge in [-0.15, -0.1) is 0 Å². The van der Waals surface area contributed by atoms with Gasteiger partial charge < -0.3 is 5.32 Å². The highest BCUT2D eigenvalue weighted by Crippen LogP contribution is 2.24. The van der Waals surface area contributed by atoms with Crippen LogP contribution >= 0.6 is 15.9 Å². The average Bonchev–Trinajstić information content (AvgIpc) is 2.69. The van der Waals surface area contributed by atoms with E-state index in [2.05, 4.69) is 21.2 Å². The molecule has 1 saturated heterocycles. The molecule has 1 fully saturated rings. The zero-order chi connectivity index (χ0) is 19.4. The first-order chi connectivity index (χ1) is 12.9. The lowest BCUT2D eigenvalue weighted by Crippen LogP contribution is -2.45. The molecular weight excluding hydrogens is 435 g/mol. The van der Waals surface area contributed by atoms with E-state index < -0.39 is 21.8 Å². The molecule has 1 aliphatic heterocycles. The third kappa shape index (κ3) is 4.75. The van der Waals surface area contributed by atoms with Crippen LogP contribution in [0.1, 0.15) is 18.4 Å². The Kier molecular flexibility index (Phi) is 6.29. The second-order valence-corrected chi connectivity index (χ2v) is 9.32. The highest BCUT2D eigenvalue weighted by atomic mass is 79.9. The van der Waals surface area contributed by atoms with Gasteiger partial charge in [0.2, 0.25) is 15.9 Å². The first kappa shape index (κ1) is 20.0. The number of carbonyl (C=O) groups is 1. The molecule has 1 amide bonds. The lowest BCUT2D eigenvalue weighted by atomic mass is 9.98. The van der Waals surface area contributed by atoms with Gasteiger partial charge in [-0.3, -0.25) is 4.79 Å². The smallest absolute Gasteiger partial charge is 0.243 e. The number of rotatable bonds is 5. The van der Waals surface area contributed by atoms with Crippen LogP contribution < -0.4 is 5.32 Å². The molecule has 1 aliphatic rings. The molecule has 1 heterocycles. The molecule has 8 heteroatoms. The Morgan fingerprint density at radius 2 is 1.96 bits per heavy atom. The van der Waals surface area contributed by atoms with Crippen LogP contribution in [0, 0.1) is 11.7 Å². The Hall–Kier alpha value is -1.77. The van der Waals surface area contributed by atoms with E-state index >= 15 is 0 Å². The summed E-state index contributed by atoms with van der Waals surface area (Å²) in [5.41, 5.74) is 0.377. The lowest BCUT2D eigenvalue weighted by molar-refractivity contribution is -0.126. The zero-order valence-electron chi connectivity index (χ0n) is 14.6. The number of nitrogens with zero attached hydrogens (tertiary/aromatic N) is 1. The average molecular weight is 455 g/mol. The van der Waals surface area contributed by atoms with E-state index in [1.807, 2.05) is 0 Å². The molecule has 144 valence electrons. The maximum absolute atomic E-state index is 13.8. The number of amides is 1. The van der Waals surface area contributed by atoms with Crippen LogP contribution in [0.2, 0.25) is 0 Å². The van der Waals surface area contributed by atoms with E-state index in [0.29, 0.717) is 24.9 Å². The van der Waals surface area contributed by atoms with E-state index in [9.17, 15) is 17.6 Å². The van der Waals surface area contributed by atoms with Crippen molar-refractivity contribution >= 4 is 31.9 Å². The summed E-state index contributed by atoms with van der Waals surface area (Å²) in [4.78, 5) is 12.7. The van der Waals surface area contributed by atoms with Crippen LogP contribution in [0.3, 0.4) is 0 Å². The van der Waals surface area contributed by atoms with Crippen LogP contribution in [0.5, 0.6) is 0 Å². The van der Waals surface area contributed by atoms with Gasteiger partial charge in [0.05, 0.1) is 10.8 Å². The first-order valence-corrected chi connectivity index (χ1v) is 10.9. The van der Waals surface area contributed by atoms with E-state index in [1.165, 1.54) is 10.4 Å². The molecule has 0 aromatic heterocycles. The van der Waals surface area contributed by atoms with Crippen LogP contribution in [-0.2, 0) is 21.4 Å². The number of carbonyl (C=O) groups excluding carboxylic acids is 1. The molecule has 0 bridgehead atoms. The number of halogens is 2. The minimum atomic E-state index is -3.62. The van der Waals surface area contributed by atoms with Crippen molar-refractivity contribution in [1.29, 1.82) is 0 Å². The highest BCUT2D eigenvalue weighted by Gasteiger charge is 2.33. The van der Waals surface area contributed by atoms with Gasteiger partial charge in [0.1, 0.15) is 5.82 Å². The number of hydrogen-bond donors (Lipinski definition) is 1. The van der Waals surface area contributed by atoms with E-state index in [4.69, 9.17) is 0 Å². The topological polar surface area (TPSA) is 66.5 Å². The number of benzene rings is 2. The maximum Gasteiger partial charge on any atom is 0.243 e. The van der Waals surface area contributed by atoms with Crippen molar-refractivity contribution in [3.63, 3.8) is 0 Å². The van der Waals surface area contributed by atoms with Gasteiger partial charge in [0, 0.05) is 29.7 Å². The molecule has 3 rings (SSSR count). The molecule has 2 aromatic carbocycles. The van der Waals surface area contributed by atoms with Gasteiger partial charge in [-0.05, 0) is 43.2 Å².